The van der Waals surface area contributed by atoms with Crippen molar-refractivity contribution in [1.29, 1.82) is 0 Å². The first-order chi connectivity index (χ1) is 11.0. The molecule has 0 aliphatic rings. The Labute approximate surface area is 136 Å². The van der Waals surface area contributed by atoms with Crippen LogP contribution in [0.1, 0.15) is 30.0 Å². The summed E-state index contributed by atoms with van der Waals surface area (Å²) in [4.78, 5) is 0. The van der Waals surface area contributed by atoms with E-state index in [4.69, 9.17) is 4.74 Å². The average molecular weight is 312 g/mol. The molecule has 0 radical (unpaired) electrons. The second-order valence-electron chi connectivity index (χ2n) is 5.56. The number of halogens is 1. The van der Waals surface area contributed by atoms with Gasteiger partial charge in [0.2, 0.25) is 0 Å². The van der Waals surface area contributed by atoms with Crippen LogP contribution in [0.5, 0.6) is 11.5 Å². The van der Waals surface area contributed by atoms with E-state index in [0.717, 1.165) is 28.7 Å². The Morgan fingerprint density at radius 2 is 1.83 bits per heavy atom. The van der Waals surface area contributed by atoms with Gasteiger partial charge in [-0.25, -0.2) is 4.39 Å². The van der Waals surface area contributed by atoms with Crippen LogP contribution in [0.3, 0.4) is 0 Å². The number of phenols is 1. The lowest BCUT2D eigenvalue weighted by Gasteiger charge is -2.12. The highest BCUT2D eigenvalue weighted by atomic mass is 19.1. The topological polar surface area (TPSA) is 29.5 Å². The normalized spacial score (nSPS) is 10.9. The first-order valence-corrected chi connectivity index (χ1v) is 7.47. The van der Waals surface area contributed by atoms with E-state index in [1.807, 2.05) is 25.1 Å². The lowest BCUT2D eigenvalue weighted by molar-refractivity contribution is 0.399. The molecule has 3 heteroatoms. The summed E-state index contributed by atoms with van der Waals surface area (Å²) in [6.07, 6.45) is 5.21. The van der Waals surface area contributed by atoms with Crippen LogP contribution >= 0.6 is 0 Å². The largest absolute Gasteiger partial charge is 0.508 e. The van der Waals surface area contributed by atoms with E-state index in [-0.39, 0.29) is 11.6 Å². The lowest BCUT2D eigenvalue weighted by atomic mass is 10.0. The van der Waals surface area contributed by atoms with Crippen molar-refractivity contribution in [3.63, 3.8) is 0 Å². The van der Waals surface area contributed by atoms with Crippen molar-refractivity contribution < 1.29 is 14.2 Å². The van der Waals surface area contributed by atoms with Gasteiger partial charge in [-0.1, -0.05) is 29.9 Å². The zero-order valence-corrected chi connectivity index (χ0v) is 13.5. The van der Waals surface area contributed by atoms with Crippen molar-refractivity contribution in [1.82, 2.24) is 0 Å². The minimum Gasteiger partial charge on any atom is -0.508 e. The van der Waals surface area contributed by atoms with Crippen LogP contribution in [0.4, 0.5) is 4.39 Å². The van der Waals surface area contributed by atoms with E-state index < -0.39 is 0 Å². The molecule has 23 heavy (non-hydrogen) atoms. The van der Waals surface area contributed by atoms with Crippen molar-refractivity contribution in [2.45, 2.75) is 19.8 Å². The van der Waals surface area contributed by atoms with Crippen LogP contribution in [-0.4, -0.2) is 12.2 Å². The summed E-state index contributed by atoms with van der Waals surface area (Å²) in [5, 5.41) is 10.3. The Kier molecular flexibility index (Phi) is 5.58. The minimum absolute atomic E-state index is 0.212. The fourth-order valence-electron chi connectivity index (χ4n) is 2.29. The number of methoxy groups -OCH3 is 1. The molecule has 0 bridgehead atoms. The molecule has 2 rings (SSSR count). The highest BCUT2D eigenvalue weighted by molar-refractivity contribution is 5.71. The fraction of sp³-hybridized carbons (Fsp3) is 0.200. The molecule has 0 spiro atoms. The van der Waals surface area contributed by atoms with Crippen LogP contribution in [-0.2, 0) is 6.42 Å². The predicted octanol–water partition coefficient (Wildman–Crippen LogP) is 5.22. The Bertz CT molecular complexity index is 715. The quantitative estimate of drug-likeness (QED) is 0.585. The van der Waals surface area contributed by atoms with E-state index in [9.17, 15) is 9.50 Å². The van der Waals surface area contributed by atoms with Crippen LogP contribution in [0, 0.1) is 5.82 Å². The maximum absolute atomic E-state index is 12.9. The van der Waals surface area contributed by atoms with Crippen LogP contribution in [0.2, 0.25) is 0 Å². The summed E-state index contributed by atoms with van der Waals surface area (Å²) < 4.78 is 18.3. The molecular weight excluding hydrogens is 291 g/mol. The van der Waals surface area contributed by atoms with Gasteiger partial charge < -0.3 is 9.84 Å². The van der Waals surface area contributed by atoms with Gasteiger partial charge in [0.15, 0.2) is 0 Å². The van der Waals surface area contributed by atoms with E-state index in [2.05, 4.69) is 6.58 Å². The molecule has 0 aliphatic heterocycles. The summed E-state index contributed by atoms with van der Waals surface area (Å²) in [7, 11) is 1.59. The first-order valence-electron chi connectivity index (χ1n) is 7.47. The fourth-order valence-corrected chi connectivity index (χ4v) is 2.29. The summed E-state index contributed by atoms with van der Waals surface area (Å²) in [5.74, 6) is 0.609. The van der Waals surface area contributed by atoms with Gasteiger partial charge in [-0.05, 0) is 55.2 Å². The molecule has 0 heterocycles. The lowest BCUT2D eigenvalue weighted by Crippen LogP contribution is -1.95. The van der Waals surface area contributed by atoms with Gasteiger partial charge in [0, 0.05) is 5.56 Å². The molecular formula is C20H21FO2. The van der Waals surface area contributed by atoms with Gasteiger partial charge in [0.05, 0.1) is 7.11 Å². The maximum Gasteiger partial charge on any atom is 0.126 e. The number of rotatable bonds is 6. The molecule has 0 aliphatic carbocycles. The number of allylic oxidation sites excluding steroid dienone is 1. The number of phenolic OH excluding ortho intramolecular Hbond substituents is 1. The zero-order chi connectivity index (χ0) is 16.8. The third-order valence-electron chi connectivity index (χ3n) is 3.57. The van der Waals surface area contributed by atoms with E-state index in [0.29, 0.717) is 12.2 Å². The Hall–Kier alpha value is -2.55. The molecule has 0 aromatic heterocycles. The highest BCUT2D eigenvalue weighted by Gasteiger charge is 2.10. The predicted molar refractivity (Wildman–Crippen MR) is 93.1 cm³/mol. The number of hydrogen-bond acceptors (Lipinski definition) is 2. The molecule has 2 aromatic carbocycles. The Balaban J connectivity index is 2.24. The van der Waals surface area contributed by atoms with Gasteiger partial charge in [-0.2, -0.15) is 0 Å². The van der Waals surface area contributed by atoms with Crippen molar-refractivity contribution in [3.05, 3.63) is 71.1 Å². The van der Waals surface area contributed by atoms with Gasteiger partial charge >= 0.3 is 0 Å². The molecule has 0 atom stereocenters. The van der Waals surface area contributed by atoms with Gasteiger partial charge in [-0.15, -0.1) is 6.58 Å². The molecule has 0 saturated carbocycles. The molecule has 1 N–H and O–H groups in total. The molecule has 120 valence electrons. The van der Waals surface area contributed by atoms with Gasteiger partial charge in [0.1, 0.15) is 17.3 Å². The Morgan fingerprint density at radius 1 is 1.17 bits per heavy atom. The van der Waals surface area contributed by atoms with Crippen molar-refractivity contribution in [3.8, 4) is 11.5 Å². The van der Waals surface area contributed by atoms with Crippen LogP contribution in [0.25, 0.3) is 12.2 Å². The smallest absolute Gasteiger partial charge is 0.126 e. The second kappa shape index (κ2) is 7.63. The first kappa shape index (κ1) is 16.8. The third kappa shape index (κ3) is 4.71. The van der Waals surface area contributed by atoms with Gasteiger partial charge in [0.25, 0.3) is 0 Å². The van der Waals surface area contributed by atoms with E-state index in [1.165, 1.54) is 12.1 Å². The number of aromatic hydroxyl groups is 1. The molecule has 2 nitrogen and oxygen atoms in total. The minimum atomic E-state index is -0.261. The second-order valence-corrected chi connectivity index (χ2v) is 5.56. The van der Waals surface area contributed by atoms with Crippen LogP contribution in [0.15, 0.2) is 48.6 Å². The number of hydrogen-bond donors (Lipinski definition) is 1. The summed E-state index contributed by atoms with van der Waals surface area (Å²) in [5.41, 5.74) is 3.56. The number of ether oxygens (including phenoxy) is 1. The SMILES string of the molecule is C=C(C)CCc1c(O)cc(/C=C/c2ccc(F)cc2)cc1OC. The van der Waals surface area contributed by atoms with Crippen molar-refractivity contribution >= 4 is 12.2 Å². The molecule has 0 unspecified atom stereocenters. The Morgan fingerprint density at radius 3 is 2.43 bits per heavy atom. The van der Waals surface area contributed by atoms with Crippen molar-refractivity contribution in [2.24, 2.45) is 0 Å². The zero-order valence-electron chi connectivity index (χ0n) is 13.5. The molecule has 0 saturated heterocycles. The molecule has 0 amide bonds. The van der Waals surface area contributed by atoms with E-state index >= 15 is 0 Å². The van der Waals surface area contributed by atoms with E-state index in [1.54, 1.807) is 25.3 Å². The van der Waals surface area contributed by atoms with Gasteiger partial charge in [-0.3, -0.25) is 0 Å². The standard InChI is InChI=1S/C20H21FO2/c1-14(2)4-11-18-19(22)12-16(13-20(18)23-3)6-5-15-7-9-17(21)10-8-15/h5-10,12-13,22H,1,4,11H2,2-3H3/b6-5+. The summed E-state index contributed by atoms with van der Waals surface area (Å²) in [6, 6.07) is 9.81. The van der Waals surface area contributed by atoms with Crippen LogP contribution < -0.4 is 4.74 Å². The average Bonchev–Trinajstić information content (AvgIpc) is 2.52. The van der Waals surface area contributed by atoms with Crippen molar-refractivity contribution in [2.75, 3.05) is 7.11 Å². The maximum atomic E-state index is 12.9. The third-order valence-corrected chi connectivity index (χ3v) is 3.57. The number of benzene rings is 2. The summed E-state index contributed by atoms with van der Waals surface area (Å²) in [6.45, 7) is 5.84. The molecule has 0 fully saturated rings. The molecule has 2 aromatic rings. The summed E-state index contributed by atoms with van der Waals surface area (Å²) >= 11 is 0. The highest BCUT2D eigenvalue weighted by Crippen LogP contribution is 2.32. The monoisotopic (exact) mass is 312 g/mol.